The van der Waals surface area contributed by atoms with E-state index in [9.17, 15) is 24.1 Å². The van der Waals surface area contributed by atoms with Gasteiger partial charge in [0.05, 0.1) is 28.4 Å². The molecule has 4 rings (SSSR count). The number of carbonyl (C=O) groups excluding carboxylic acids is 3. The van der Waals surface area contributed by atoms with Gasteiger partial charge in [-0.3, -0.25) is 4.79 Å². The number of carbonyl (C=O) groups is 3. The molecule has 9 nitrogen and oxygen atoms in total. The van der Waals surface area contributed by atoms with Gasteiger partial charge in [-0.2, -0.15) is 0 Å². The summed E-state index contributed by atoms with van der Waals surface area (Å²) in [6.45, 7) is 0. The summed E-state index contributed by atoms with van der Waals surface area (Å²) in [5, 5.41) is 10.2. The molecule has 0 bridgehead atoms. The maximum Gasteiger partial charge on any atom is 0.502 e. The van der Waals surface area contributed by atoms with Crippen LogP contribution in [-0.4, -0.2) is 56.0 Å². The summed E-state index contributed by atoms with van der Waals surface area (Å²) >= 11 is 0. The van der Waals surface area contributed by atoms with Crippen LogP contribution in [0.25, 0.3) is 0 Å². The van der Waals surface area contributed by atoms with E-state index in [1.165, 1.54) is 52.7 Å². The Kier molecular flexibility index (Phi) is 11.1. The summed E-state index contributed by atoms with van der Waals surface area (Å²) in [4.78, 5) is 37.6. The average Bonchev–Trinajstić information content (AvgIpc) is 3.03. The van der Waals surface area contributed by atoms with Crippen LogP contribution in [0.2, 0.25) is 0 Å². The van der Waals surface area contributed by atoms with Gasteiger partial charge in [0.15, 0.2) is 16.9 Å². The molecular formula is C31H34O9P+. The largest absolute Gasteiger partial charge is 0.502 e. The average molecular weight is 582 g/mol. The highest BCUT2D eigenvalue weighted by molar-refractivity contribution is 7.80. The Hall–Kier alpha value is -4.07. The fraction of sp³-hybridized carbons (Fsp3) is 0.323. The van der Waals surface area contributed by atoms with Crippen LogP contribution in [-0.2, 0) is 4.57 Å². The van der Waals surface area contributed by atoms with Crippen LogP contribution in [0.15, 0.2) is 66.7 Å². The number of rotatable bonds is 10. The highest BCUT2D eigenvalue weighted by atomic mass is 31.1. The third-order valence-corrected chi connectivity index (χ3v) is 7.98. The predicted octanol–water partition coefficient (Wildman–Crippen LogP) is 6.09. The standard InChI is InChI=1S/C18H18O7P.C13H16O2/c1-22-11-7-5-8-12(23-2)15(11)17(19)26(21)18(20)16-13(24-3)9-6-10-14(16)25-4;14-12(11-7-3-1-4-8-11)13(15)9-5-2-6-10-13/h5-10H,1-4H3;1,3-4,7-8,15H,2,5-6,9-10H2/q+1;. The van der Waals surface area contributed by atoms with Crippen molar-refractivity contribution in [3.8, 4) is 23.0 Å². The summed E-state index contributed by atoms with van der Waals surface area (Å²) in [5.74, 6) is 0.549. The first-order chi connectivity index (χ1) is 19.7. The van der Waals surface area contributed by atoms with Crippen molar-refractivity contribution in [1.29, 1.82) is 0 Å². The van der Waals surface area contributed by atoms with Crippen molar-refractivity contribution in [3.05, 3.63) is 83.4 Å². The zero-order chi connectivity index (χ0) is 30.0. The molecule has 3 aromatic carbocycles. The predicted molar refractivity (Wildman–Crippen MR) is 154 cm³/mol. The number of ketones is 1. The molecule has 3 aromatic rings. The maximum atomic E-state index is 12.8. The van der Waals surface area contributed by atoms with Gasteiger partial charge in [0.2, 0.25) is 0 Å². The summed E-state index contributed by atoms with van der Waals surface area (Å²) < 4.78 is 33.3. The van der Waals surface area contributed by atoms with Gasteiger partial charge < -0.3 is 24.1 Å². The van der Waals surface area contributed by atoms with Crippen molar-refractivity contribution in [2.45, 2.75) is 37.7 Å². The van der Waals surface area contributed by atoms with Crippen LogP contribution in [0.4, 0.5) is 0 Å². The van der Waals surface area contributed by atoms with Crippen LogP contribution in [0, 0.1) is 0 Å². The molecule has 0 atom stereocenters. The molecule has 0 heterocycles. The zero-order valence-corrected chi connectivity index (χ0v) is 24.4. The van der Waals surface area contributed by atoms with Crippen molar-refractivity contribution in [2.24, 2.45) is 0 Å². The molecule has 10 heteroatoms. The Morgan fingerprint density at radius 3 is 1.39 bits per heavy atom. The van der Waals surface area contributed by atoms with Crippen LogP contribution in [0.5, 0.6) is 23.0 Å². The molecule has 1 fully saturated rings. The van der Waals surface area contributed by atoms with Crippen molar-refractivity contribution < 1.29 is 43.0 Å². The van der Waals surface area contributed by atoms with E-state index in [4.69, 9.17) is 18.9 Å². The Balaban J connectivity index is 0.000000260. The van der Waals surface area contributed by atoms with Gasteiger partial charge in [0.25, 0.3) is 0 Å². The van der Waals surface area contributed by atoms with Crippen LogP contribution in [0.1, 0.15) is 63.2 Å². The van der Waals surface area contributed by atoms with Crippen molar-refractivity contribution in [1.82, 2.24) is 0 Å². The van der Waals surface area contributed by atoms with Gasteiger partial charge >= 0.3 is 18.8 Å². The van der Waals surface area contributed by atoms with Crippen LogP contribution < -0.4 is 18.9 Å². The monoisotopic (exact) mass is 581 g/mol. The fourth-order valence-electron chi connectivity index (χ4n) is 4.64. The minimum atomic E-state index is -2.99. The number of aliphatic hydroxyl groups is 1. The maximum absolute atomic E-state index is 12.8. The number of hydrogen-bond donors (Lipinski definition) is 1. The second kappa shape index (κ2) is 14.5. The number of ether oxygens (including phenoxy) is 4. The molecule has 0 spiro atoms. The first-order valence-corrected chi connectivity index (χ1v) is 14.3. The zero-order valence-electron chi connectivity index (χ0n) is 23.5. The molecule has 1 saturated carbocycles. The van der Waals surface area contributed by atoms with E-state index in [1.807, 2.05) is 18.2 Å². The number of methoxy groups -OCH3 is 4. The molecular weight excluding hydrogens is 547 g/mol. The SMILES string of the molecule is COc1cccc(OC)c1C(=O)[P+](=O)C(=O)c1c(OC)cccc1OC.O=C(c1ccccc1)C1(O)CCCCC1. The smallest absolute Gasteiger partial charge is 0.496 e. The van der Waals surface area contributed by atoms with Gasteiger partial charge in [0, 0.05) is 5.56 Å². The number of Topliss-reactive ketones (excluding diaryl/α,β-unsaturated/α-hetero) is 1. The molecule has 0 saturated heterocycles. The number of hydrogen-bond acceptors (Lipinski definition) is 9. The van der Waals surface area contributed by atoms with Crippen molar-refractivity contribution >= 4 is 24.6 Å². The normalized spacial score (nSPS) is 13.6. The van der Waals surface area contributed by atoms with Gasteiger partial charge in [-0.1, -0.05) is 66.3 Å². The van der Waals surface area contributed by atoms with E-state index in [0.29, 0.717) is 18.4 Å². The lowest BCUT2D eigenvalue weighted by Gasteiger charge is -2.30. The van der Waals surface area contributed by atoms with Crippen LogP contribution in [0.3, 0.4) is 0 Å². The van der Waals surface area contributed by atoms with Gasteiger partial charge in [-0.15, -0.1) is 0 Å². The van der Waals surface area contributed by atoms with Gasteiger partial charge in [-0.05, 0) is 37.1 Å². The minimum Gasteiger partial charge on any atom is -0.496 e. The molecule has 1 N–H and O–H groups in total. The van der Waals surface area contributed by atoms with E-state index in [2.05, 4.69) is 0 Å². The molecule has 0 aliphatic heterocycles. The Morgan fingerprint density at radius 1 is 0.634 bits per heavy atom. The van der Waals surface area contributed by atoms with E-state index in [0.717, 1.165) is 19.3 Å². The first kappa shape index (κ1) is 31.5. The molecule has 41 heavy (non-hydrogen) atoms. The molecule has 0 radical (unpaired) electrons. The Labute approximate surface area is 240 Å². The summed E-state index contributed by atoms with van der Waals surface area (Å²) in [7, 11) is 2.47. The minimum absolute atomic E-state index is 0.0548. The second-order valence-corrected chi connectivity index (χ2v) is 10.7. The van der Waals surface area contributed by atoms with E-state index in [1.54, 1.807) is 24.3 Å². The van der Waals surface area contributed by atoms with Crippen LogP contribution >= 0.6 is 7.80 Å². The molecule has 0 aromatic heterocycles. The Morgan fingerprint density at radius 2 is 1.02 bits per heavy atom. The molecule has 1 aliphatic rings. The van der Waals surface area contributed by atoms with Crippen molar-refractivity contribution in [2.75, 3.05) is 28.4 Å². The van der Waals surface area contributed by atoms with E-state index >= 15 is 0 Å². The van der Waals surface area contributed by atoms with E-state index in [-0.39, 0.29) is 39.9 Å². The molecule has 0 unspecified atom stereocenters. The summed E-state index contributed by atoms with van der Waals surface area (Å²) in [5.41, 5.74) is -2.37. The molecule has 1 aliphatic carbocycles. The second-order valence-electron chi connectivity index (χ2n) is 9.27. The molecule has 0 amide bonds. The van der Waals surface area contributed by atoms with E-state index < -0.39 is 24.5 Å². The molecule has 216 valence electrons. The number of benzene rings is 3. The topological polar surface area (TPSA) is 125 Å². The highest BCUT2D eigenvalue weighted by Crippen LogP contribution is 2.43. The Bertz CT molecular complexity index is 1280. The fourth-order valence-corrected chi connectivity index (χ4v) is 5.67. The summed E-state index contributed by atoms with van der Waals surface area (Å²) in [6.07, 6.45) is 4.26. The lowest BCUT2D eigenvalue weighted by atomic mass is 9.79. The first-order valence-electron chi connectivity index (χ1n) is 13.0. The highest BCUT2D eigenvalue weighted by Gasteiger charge is 2.46. The van der Waals surface area contributed by atoms with Gasteiger partial charge in [0.1, 0.15) is 28.6 Å². The third-order valence-electron chi connectivity index (χ3n) is 6.79. The lowest BCUT2D eigenvalue weighted by Crippen LogP contribution is -2.40. The third kappa shape index (κ3) is 7.17. The lowest BCUT2D eigenvalue weighted by molar-refractivity contribution is 0.0116. The van der Waals surface area contributed by atoms with Crippen molar-refractivity contribution in [3.63, 3.8) is 0 Å². The summed E-state index contributed by atoms with van der Waals surface area (Å²) in [6, 6.07) is 18.4. The van der Waals surface area contributed by atoms with Gasteiger partial charge in [-0.25, -0.2) is 9.59 Å². The quantitative estimate of drug-likeness (QED) is 0.223.